The third-order valence-corrected chi connectivity index (χ3v) is 4.10. The second-order valence-electron chi connectivity index (χ2n) is 6.61. The Morgan fingerprint density at radius 2 is 1.76 bits per heavy atom. The van der Waals surface area contributed by atoms with Crippen molar-refractivity contribution in [1.29, 1.82) is 0 Å². The number of nitrogens with one attached hydrogen (secondary N) is 2. The number of methoxy groups -OCH3 is 1. The van der Waals surface area contributed by atoms with Gasteiger partial charge in [0.2, 0.25) is 5.91 Å². The van der Waals surface area contributed by atoms with Crippen LogP contribution in [0.3, 0.4) is 0 Å². The molecule has 2 N–H and O–H groups in total. The highest BCUT2D eigenvalue weighted by atomic mass is 16.5. The van der Waals surface area contributed by atoms with Gasteiger partial charge in [0.15, 0.2) is 0 Å². The average molecular weight is 348 g/mol. The molecule has 1 aromatic carbocycles. The summed E-state index contributed by atoms with van der Waals surface area (Å²) >= 11 is 0. The first-order chi connectivity index (χ1) is 12.0. The van der Waals surface area contributed by atoms with E-state index in [4.69, 9.17) is 4.74 Å². The molecule has 7 nitrogen and oxygen atoms in total. The van der Waals surface area contributed by atoms with E-state index >= 15 is 0 Å². The Morgan fingerprint density at radius 3 is 2.32 bits per heavy atom. The molecule has 0 unspecified atom stereocenters. The van der Waals surface area contributed by atoms with E-state index in [-0.39, 0.29) is 12.5 Å². The van der Waals surface area contributed by atoms with Crippen LogP contribution in [0.15, 0.2) is 24.3 Å². The molecular formula is C18H28N4O3. The SMILES string of the molecule is COc1ccc(N2CCN(CC(=O)NC(=O)NCC(C)C)CC2)cc1. The summed E-state index contributed by atoms with van der Waals surface area (Å²) in [4.78, 5) is 27.9. The molecule has 1 fully saturated rings. The predicted molar refractivity (Wildman–Crippen MR) is 98.0 cm³/mol. The van der Waals surface area contributed by atoms with E-state index in [9.17, 15) is 9.59 Å². The zero-order chi connectivity index (χ0) is 18.2. The van der Waals surface area contributed by atoms with Gasteiger partial charge in [-0.3, -0.25) is 15.0 Å². The molecule has 25 heavy (non-hydrogen) atoms. The number of carbonyl (C=O) groups excluding carboxylic acids is 2. The van der Waals surface area contributed by atoms with Crippen molar-refractivity contribution in [2.75, 3.05) is 51.3 Å². The summed E-state index contributed by atoms with van der Waals surface area (Å²) < 4.78 is 5.18. The lowest BCUT2D eigenvalue weighted by molar-refractivity contribution is -0.121. The van der Waals surface area contributed by atoms with Crippen LogP contribution >= 0.6 is 0 Å². The van der Waals surface area contributed by atoms with Crippen LogP contribution in [0.1, 0.15) is 13.8 Å². The molecule has 3 amide bonds. The van der Waals surface area contributed by atoms with Crippen molar-refractivity contribution < 1.29 is 14.3 Å². The number of urea groups is 1. The monoisotopic (exact) mass is 348 g/mol. The van der Waals surface area contributed by atoms with Crippen molar-refractivity contribution in [3.8, 4) is 5.75 Å². The Morgan fingerprint density at radius 1 is 1.12 bits per heavy atom. The molecule has 1 aliphatic heterocycles. The van der Waals surface area contributed by atoms with Gasteiger partial charge < -0.3 is 15.0 Å². The number of imide groups is 1. The van der Waals surface area contributed by atoms with Gasteiger partial charge in [0.25, 0.3) is 0 Å². The molecule has 0 bridgehead atoms. The molecule has 0 saturated carbocycles. The van der Waals surface area contributed by atoms with Gasteiger partial charge in [-0.15, -0.1) is 0 Å². The number of benzene rings is 1. The minimum absolute atomic E-state index is 0.242. The normalized spacial score (nSPS) is 15.1. The van der Waals surface area contributed by atoms with Crippen molar-refractivity contribution in [3.63, 3.8) is 0 Å². The molecule has 0 atom stereocenters. The van der Waals surface area contributed by atoms with E-state index in [1.807, 2.05) is 38.1 Å². The van der Waals surface area contributed by atoms with Gasteiger partial charge >= 0.3 is 6.03 Å². The van der Waals surface area contributed by atoms with Crippen LogP contribution < -0.4 is 20.3 Å². The van der Waals surface area contributed by atoms with Crippen molar-refractivity contribution in [1.82, 2.24) is 15.5 Å². The number of piperazine rings is 1. The lowest BCUT2D eigenvalue weighted by atomic mass is 10.2. The first-order valence-corrected chi connectivity index (χ1v) is 8.67. The minimum atomic E-state index is -0.421. The summed E-state index contributed by atoms with van der Waals surface area (Å²) in [5, 5.41) is 5.06. The topological polar surface area (TPSA) is 73.9 Å². The van der Waals surface area contributed by atoms with Gasteiger partial charge in [0.05, 0.1) is 13.7 Å². The summed E-state index contributed by atoms with van der Waals surface area (Å²) in [5.74, 6) is 0.931. The van der Waals surface area contributed by atoms with Crippen LogP contribution in [0.25, 0.3) is 0 Å². The van der Waals surface area contributed by atoms with Gasteiger partial charge in [-0.25, -0.2) is 4.79 Å². The molecule has 1 aromatic rings. The summed E-state index contributed by atoms with van der Waals surface area (Å²) in [7, 11) is 1.65. The summed E-state index contributed by atoms with van der Waals surface area (Å²) in [5.41, 5.74) is 1.15. The molecule has 1 heterocycles. The van der Waals surface area contributed by atoms with E-state index < -0.39 is 6.03 Å². The molecule has 0 aromatic heterocycles. The highest BCUT2D eigenvalue weighted by Crippen LogP contribution is 2.20. The predicted octanol–water partition coefficient (Wildman–Crippen LogP) is 1.30. The van der Waals surface area contributed by atoms with Crippen LogP contribution in [0, 0.1) is 5.92 Å². The van der Waals surface area contributed by atoms with Gasteiger partial charge in [-0.2, -0.15) is 0 Å². The molecule has 138 valence electrons. The number of ether oxygens (including phenoxy) is 1. The number of nitrogens with zero attached hydrogens (tertiary/aromatic N) is 2. The smallest absolute Gasteiger partial charge is 0.321 e. The number of hydrogen-bond donors (Lipinski definition) is 2. The first-order valence-electron chi connectivity index (χ1n) is 8.67. The van der Waals surface area contributed by atoms with Crippen LogP contribution in [-0.2, 0) is 4.79 Å². The molecule has 1 saturated heterocycles. The highest BCUT2D eigenvalue weighted by Gasteiger charge is 2.20. The van der Waals surface area contributed by atoms with Crippen LogP contribution in [0.5, 0.6) is 5.75 Å². The van der Waals surface area contributed by atoms with E-state index in [0.29, 0.717) is 12.5 Å². The molecule has 0 aliphatic carbocycles. The van der Waals surface area contributed by atoms with E-state index in [1.165, 1.54) is 0 Å². The Bertz CT molecular complexity index is 566. The van der Waals surface area contributed by atoms with Crippen molar-refractivity contribution in [2.24, 2.45) is 5.92 Å². The van der Waals surface area contributed by atoms with Gasteiger partial charge in [0, 0.05) is 38.4 Å². The maximum absolute atomic E-state index is 11.9. The van der Waals surface area contributed by atoms with E-state index in [1.54, 1.807) is 7.11 Å². The van der Waals surface area contributed by atoms with Crippen LogP contribution in [-0.4, -0.2) is 63.2 Å². The second kappa shape index (κ2) is 9.27. The summed E-state index contributed by atoms with van der Waals surface area (Å²) in [6.45, 7) is 8.07. The largest absolute Gasteiger partial charge is 0.497 e. The lowest BCUT2D eigenvalue weighted by Crippen LogP contribution is -2.51. The Labute approximate surface area is 149 Å². The van der Waals surface area contributed by atoms with Crippen LogP contribution in [0.2, 0.25) is 0 Å². The molecule has 7 heteroatoms. The number of hydrogen-bond acceptors (Lipinski definition) is 5. The molecule has 2 rings (SSSR count). The van der Waals surface area contributed by atoms with Crippen molar-refractivity contribution in [2.45, 2.75) is 13.8 Å². The molecule has 0 radical (unpaired) electrons. The third-order valence-electron chi connectivity index (χ3n) is 4.10. The highest BCUT2D eigenvalue weighted by molar-refractivity contribution is 5.95. The first kappa shape index (κ1) is 19.1. The quantitative estimate of drug-likeness (QED) is 0.811. The van der Waals surface area contributed by atoms with Crippen molar-refractivity contribution >= 4 is 17.6 Å². The third kappa shape index (κ3) is 6.26. The number of rotatable bonds is 6. The zero-order valence-corrected chi connectivity index (χ0v) is 15.2. The van der Waals surface area contributed by atoms with Gasteiger partial charge in [-0.05, 0) is 30.2 Å². The van der Waals surface area contributed by atoms with Gasteiger partial charge in [-0.1, -0.05) is 13.8 Å². The Kier molecular flexibility index (Phi) is 7.06. The van der Waals surface area contributed by atoms with Crippen LogP contribution in [0.4, 0.5) is 10.5 Å². The zero-order valence-electron chi connectivity index (χ0n) is 15.2. The fourth-order valence-electron chi connectivity index (χ4n) is 2.67. The standard InChI is InChI=1S/C18H28N4O3/c1-14(2)12-19-18(24)20-17(23)13-21-8-10-22(11-9-21)15-4-6-16(25-3)7-5-15/h4-7,14H,8-13H2,1-3H3,(H2,19,20,23,24). The molecule has 0 spiro atoms. The summed E-state index contributed by atoms with van der Waals surface area (Å²) in [6, 6.07) is 7.56. The van der Waals surface area contributed by atoms with Crippen molar-refractivity contribution in [3.05, 3.63) is 24.3 Å². The van der Waals surface area contributed by atoms with Gasteiger partial charge in [0.1, 0.15) is 5.75 Å². The maximum Gasteiger partial charge on any atom is 0.321 e. The number of carbonyl (C=O) groups is 2. The average Bonchev–Trinajstić information content (AvgIpc) is 2.60. The summed E-state index contributed by atoms with van der Waals surface area (Å²) in [6.07, 6.45) is 0. The molecule has 1 aliphatic rings. The fourth-order valence-corrected chi connectivity index (χ4v) is 2.67. The fraction of sp³-hybridized carbons (Fsp3) is 0.556. The maximum atomic E-state index is 11.9. The number of amides is 3. The molecular weight excluding hydrogens is 320 g/mol. The van der Waals surface area contributed by atoms with E-state index in [2.05, 4.69) is 20.4 Å². The Balaban J connectivity index is 1.72. The minimum Gasteiger partial charge on any atom is -0.497 e. The lowest BCUT2D eigenvalue weighted by Gasteiger charge is -2.35. The second-order valence-corrected chi connectivity index (χ2v) is 6.61. The van der Waals surface area contributed by atoms with E-state index in [0.717, 1.165) is 37.6 Å². The Hall–Kier alpha value is -2.28. The number of anilines is 1.